The first-order valence-electron chi connectivity index (χ1n) is 15.5. The fourth-order valence-corrected chi connectivity index (χ4v) is 10.6. The molecule has 2 aromatic rings. The molecule has 3 saturated heterocycles. The van der Waals surface area contributed by atoms with Crippen LogP contribution < -0.4 is 10.6 Å². The SMILES string of the molecule is CC(C)(C)CC(C)(C)NC(=O)C1N([C@@H](CO)Cc2ccccc2)C(=O)[C@@H]2[C@@H](C(=O)NCc3ccccc3)[C@@]3(C)CCC12S3. The topological polar surface area (TPSA) is 98.7 Å². The van der Waals surface area contributed by atoms with Gasteiger partial charge in [0.2, 0.25) is 17.7 Å². The molecule has 3 heterocycles. The zero-order chi connectivity index (χ0) is 31.2. The van der Waals surface area contributed by atoms with Crippen LogP contribution in [0.1, 0.15) is 71.9 Å². The average Bonchev–Trinajstić information content (AvgIpc) is 3.50. The highest BCUT2D eigenvalue weighted by molar-refractivity contribution is 8.02. The van der Waals surface area contributed by atoms with Gasteiger partial charge in [0.1, 0.15) is 6.04 Å². The first-order valence-corrected chi connectivity index (χ1v) is 16.3. The Morgan fingerprint density at radius 2 is 1.58 bits per heavy atom. The summed E-state index contributed by atoms with van der Waals surface area (Å²) in [6.45, 7) is 12.7. The van der Waals surface area contributed by atoms with Gasteiger partial charge in [-0.3, -0.25) is 14.4 Å². The van der Waals surface area contributed by atoms with Crippen LogP contribution in [0.3, 0.4) is 0 Å². The molecule has 0 aliphatic carbocycles. The molecular formula is C35H47N3O4S. The Morgan fingerprint density at radius 1 is 0.977 bits per heavy atom. The number of aliphatic hydroxyl groups is 1. The molecule has 0 saturated carbocycles. The van der Waals surface area contributed by atoms with Gasteiger partial charge in [-0.15, -0.1) is 11.8 Å². The summed E-state index contributed by atoms with van der Waals surface area (Å²) in [5.74, 6) is -1.74. The smallest absolute Gasteiger partial charge is 0.244 e. The molecule has 3 fully saturated rings. The molecule has 3 N–H and O–H groups in total. The summed E-state index contributed by atoms with van der Waals surface area (Å²) in [5.41, 5.74) is 1.45. The highest BCUT2D eigenvalue weighted by Gasteiger charge is 2.77. The van der Waals surface area contributed by atoms with E-state index in [1.165, 1.54) is 0 Å². The first kappa shape index (κ1) is 31.6. The summed E-state index contributed by atoms with van der Waals surface area (Å²) in [5, 5.41) is 17.1. The van der Waals surface area contributed by atoms with E-state index in [2.05, 4.69) is 38.3 Å². The fraction of sp³-hybridized carbons (Fsp3) is 0.571. The maximum atomic E-state index is 14.6. The Morgan fingerprint density at radius 3 is 2.16 bits per heavy atom. The molecule has 3 amide bonds. The van der Waals surface area contributed by atoms with Crippen LogP contribution in [-0.2, 0) is 27.3 Å². The van der Waals surface area contributed by atoms with E-state index in [-0.39, 0.29) is 29.7 Å². The van der Waals surface area contributed by atoms with Crippen LogP contribution in [0.2, 0.25) is 0 Å². The van der Waals surface area contributed by atoms with E-state index >= 15 is 0 Å². The average molecular weight is 606 g/mol. The Labute approximate surface area is 260 Å². The largest absolute Gasteiger partial charge is 0.394 e. The summed E-state index contributed by atoms with van der Waals surface area (Å²) in [7, 11) is 0. The van der Waals surface area contributed by atoms with Crippen molar-refractivity contribution in [2.45, 2.75) is 101 Å². The molecule has 43 heavy (non-hydrogen) atoms. The normalized spacial score (nSPS) is 29.0. The first-order chi connectivity index (χ1) is 20.2. The lowest BCUT2D eigenvalue weighted by Gasteiger charge is -2.40. The third kappa shape index (κ3) is 6.10. The fourth-order valence-electron chi connectivity index (χ4n) is 8.26. The van der Waals surface area contributed by atoms with E-state index in [0.29, 0.717) is 19.4 Å². The highest BCUT2D eigenvalue weighted by Crippen LogP contribution is 2.71. The van der Waals surface area contributed by atoms with Gasteiger partial charge >= 0.3 is 0 Å². The van der Waals surface area contributed by atoms with Gasteiger partial charge in [-0.25, -0.2) is 0 Å². The zero-order valence-corrected chi connectivity index (χ0v) is 27.2. The van der Waals surface area contributed by atoms with Crippen molar-refractivity contribution in [2.24, 2.45) is 17.3 Å². The quantitative estimate of drug-likeness (QED) is 0.364. The van der Waals surface area contributed by atoms with E-state index in [4.69, 9.17) is 0 Å². The summed E-state index contributed by atoms with van der Waals surface area (Å²) >= 11 is 1.66. The molecule has 3 aliphatic rings. The number of rotatable bonds is 10. The van der Waals surface area contributed by atoms with Crippen LogP contribution in [-0.4, -0.2) is 61.5 Å². The standard InChI is InChI=1S/C35H47N3O4S/c1-32(2,3)22-33(4,5)37-30(41)28-35-18-17-34(6,43-35)26(29(40)36-20-24-15-11-8-12-16-24)27(35)31(42)38(28)25(21-39)19-23-13-9-7-10-14-23/h7-16,25-28,39H,17-22H2,1-6H3,(H,36,40)(H,37,41)/t25-,26+,27+,28?,34-,35?/m1/s1. The van der Waals surface area contributed by atoms with Crippen LogP contribution in [0.5, 0.6) is 0 Å². The number of carbonyl (C=O) groups is 3. The number of carbonyl (C=O) groups excluding carboxylic acids is 3. The number of nitrogens with one attached hydrogen (secondary N) is 2. The van der Waals surface area contributed by atoms with E-state index in [0.717, 1.165) is 24.0 Å². The maximum absolute atomic E-state index is 14.6. The van der Waals surface area contributed by atoms with Crippen molar-refractivity contribution in [3.05, 3.63) is 71.8 Å². The Kier molecular flexibility index (Phi) is 8.51. The molecule has 0 aromatic heterocycles. The van der Waals surface area contributed by atoms with Gasteiger partial charge < -0.3 is 20.6 Å². The molecule has 3 aliphatic heterocycles. The Bertz CT molecular complexity index is 1340. The monoisotopic (exact) mass is 605 g/mol. The van der Waals surface area contributed by atoms with Crippen LogP contribution in [0, 0.1) is 17.3 Å². The number of amides is 3. The number of nitrogens with zero attached hydrogens (tertiary/aromatic N) is 1. The molecule has 2 unspecified atom stereocenters. The minimum atomic E-state index is -0.788. The highest BCUT2D eigenvalue weighted by atomic mass is 32.2. The molecule has 6 atom stereocenters. The lowest BCUT2D eigenvalue weighted by Crippen LogP contribution is -2.60. The number of hydrogen-bond donors (Lipinski definition) is 3. The van der Waals surface area contributed by atoms with Crippen molar-refractivity contribution in [3.8, 4) is 0 Å². The second-order valence-corrected chi connectivity index (χ2v) is 16.7. The van der Waals surface area contributed by atoms with Gasteiger partial charge in [0.15, 0.2) is 0 Å². The molecule has 2 bridgehead atoms. The third-order valence-corrected chi connectivity index (χ3v) is 11.4. The molecular weight excluding hydrogens is 558 g/mol. The van der Waals surface area contributed by atoms with Gasteiger partial charge in [0.05, 0.1) is 29.2 Å². The van der Waals surface area contributed by atoms with Crippen LogP contribution in [0.15, 0.2) is 60.7 Å². The van der Waals surface area contributed by atoms with Gasteiger partial charge in [-0.05, 0) is 63.0 Å². The maximum Gasteiger partial charge on any atom is 0.244 e. The summed E-state index contributed by atoms with van der Waals surface area (Å²) in [6.07, 6.45) is 2.60. The van der Waals surface area contributed by atoms with Crippen molar-refractivity contribution in [2.75, 3.05) is 6.61 Å². The van der Waals surface area contributed by atoms with Crippen LogP contribution >= 0.6 is 11.8 Å². The second kappa shape index (κ2) is 11.6. The molecule has 7 nitrogen and oxygen atoms in total. The Hall–Kier alpha value is -2.84. The molecule has 0 radical (unpaired) electrons. The molecule has 5 rings (SSSR count). The summed E-state index contributed by atoms with van der Waals surface area (Å²) in [4.78, 5) is 44.8. The summed E-state index contributed by atoms with van der Waals surface area (Å²) < 4.78 is -1.20. The predicted molar refractivity (Wildman–Crippen MR) is 171 cm³/mol. The van der Waals surface area contributed by atoms with E-state index < -0.39 is 39.0 Å². The number of likely N-dealkylation sites (tertiary alicyclic amines) is 1. The van der Waals surface area contributed by atoms with Crippen molar-refractivity contribution >= 4 is 29.5 Å². The second-order valence-electron chi connectivity index (χ2n) is 14.8. The minimum absolute atomic E-state index is 0.0142. The van der Waals surface area contributed by atoms with Gasteiger partial charge in [0, 0.05) is 16.8 Å². The van der Waals surface area contributed by atoms with Crippen molar-refractivity contribution in [1.29, 1.82) is 0 Å². The minimum Gasteiger partial charge on any atom is -0.394 e. The number of hydrogen-bond acceptors (Lipinski definition) is 5. The van der Waals surface area contributed by atoms with Gasteiger partial charge in [-0.2, -0.15) is 0 Å². The third-order valence-electron chi connectivity index (χ3n) is 9.41. The van der Waals surface area contributed by atoms with E-state index in [9.17, 15) is 19.5 Å². The summed E-state index contributed by atoms with van der Waals surface area (Å²) in [6, 6.07) is 18.1. The lowest BCUT2D eigenvalue weighted by molar-refractivity contribution is -0.143. The van der Waals surface area contributed by atoms with Crippen LogP contribution in [0.4, 0.5) is 0 Å². The number of fused-ring (bicyclic) bond motifs is 1. The lowest BCUT2D eigenvalue weighted by atomic mass is 9.66. The van der Waals surface area contributed by atoms with Crippen LogP contribution in [0.25, 0.3) is 0 Å². The van der Waals surface area contributed by atoms with Crippen molar-refractivity contribution in [1.82, 2.24) is 15.5 Å². The number of aliphatic hydroxyl groups excluding tert-OH is 1. The van der Waals surface area contributed by atoms with E-state index in [1.54, 1.807) is 16.7 Å². The number of benzene rings is 2. The molecule has 232 valence electrons. The predicted octanol–water partition coefficient (Wildman–Crippen LogP) is 4.72. The number of thioether (sulfide) groups is 1. The molecule has 2 aromatic carbocycles. The van der Waals surface area contributed by atoms with E-state index in [1.807, 2.05) is 74.5 Å². The van der Waals surface area contributed by atoms with Crippen molar-refractivity contribution in [3.63, 3.8) is 0 Å². The Balaban J connectivity index is 1.51. The molecule has 1 spiro atoms. The zero-order valence-electron chi connectivity index (χ0n) is 26.4. The van der Waals surface area contributed by atoms with Crippen molar-refractivity contribution < 1.29 is 19.5 Å². The van der Waals surface area contributed by atoms with Gasteiger partial charge in [0.25, 0.3) is 0 Å². The molecule has 8 heteroatoms. The van der Waals surface area contributed by atoms with Gasteiger partial charge in [-0.1, -0.05) is 81.4 Å².